The first-order valence-electron chi connectivity index (χ1n) is 13.0. The fraction of sp³-hybridized carbons (Fsp3) is 0.893. The summed E-state index contributed by atoms with van der Waals surface area (Å²) in [6, 6.07) is 2.63. The fourth-order valence-corrected chi connectivity index (χ4v) is 8.95. The molecule has 1 N–H and O–H groups in total. The molecule has 4 aliphatic carbocycles. The molecule has 0 radical (unpaired) electrons. The molecule has 0 aliphatic heterocycles. The Morgan fingerprint density at radius 2 is 1.90 bits per heavy atom. The monoisotopic (exact) mass is 411 g/mol. The van der Waals surface area contributed by atoms with Crippen LogP contribution in [0.15, 0.2) is 11.6 Å². The molecule has 4 rings (SSSR count). The van der Waals surface area contributed by atoms with E-state index in [0.29, 0.717) is 17.8 Å². The van der Waals surface area contributed by atoms with Crippen LogP contribution in [0.1, 0.15) is 98.8 Å². The molecule has 3 saturated carbocycles. The molecular formula is C28H45NO. The molecule has 30 heavy (non-hydrogen) atoms. The maximum atomic E-state index is 10.4. The van der Waals surface area contributed by atoms with Gasteiger partial charge in [-0.1, -0.05) is 65.5 Å². The highest BCUT2D eigenvalue weighted by Crippen LogP contribution is 2.68. The van der Waals surface area contributed by atoms with Crippen molar-refractivity contribution < 1.29 is 5.11 Å². The van der Waals surface area contributed by atoms with Crippen LogP contribution in [-0.4, -0.2) is 11.2 Å². The molecule has 3 fully saturated rings. The highest BCUT2D eigenvalue weighted by Gasteiger charge is 2.61. The van der Waals surface area contributed by atoms with Gasteiger partial charge in [0.2, 0.25) is 0 Å². The lowest BCUT2D eigenvalue weighted by atomic mass is 9.45. The molecule has 0 spiro atoms. The number of allylic oxidation sites excluding steroid dienone is 1. The summed E-state index contributed by atoms with van der Waals surface area (Å²) < 4.78 is 0. The topological polar surface area (TPSA) is 44.0 Å². The minimum absolute atomic E-state index is 0.000800. The smallest absolute Gasteiger partial charge is 0.0666 e. The van der Waals surface area contributed by atoms with Crippen molar-refractivity contribution in [3.63, 3.8) is 0 Å². The van der Waals surface area contributed by atoms with Crippen molar-refractivity contribution in [1.29, 1.82) is 5.26 Å². The summed E-state index contributed by atoms with van der Waals surface area (Å²) in [6.45, 7) is 12.3. The van der Waals surface area contributed by atoms with Gasteiger partial charge >= 0.3 is 0 Å². The number of fused-ring (bicyclic) bond motifs is 5. The molecular weight excluding hydrogens is 366 g/mol. The highest BCUT2D eigenvalue weighted by atomic mass is 16.3. The Kier molecular flexibility index (Phi) is 6.17. The number of aliphatic hydroxyl groups is 1. The molecule has 2 nitrogen and oxygen atoms in total. The summed E-state index contributed by atoms with van der Waals surface area (Å²) in [4.78, 5) is 0. The third kappa shape index (κ3) is 3.48. The van der Waals surface area contributed by atoms with Crippen LogP contribution in [0.3, 0.4) is 0 Å². The summed E-state index contributed by atoms with van der Waals surface area (Å²) in [5.41, 5.74) is 1.91. The van der Waals surface area contributed by atoms with E-state index < -0.39 is 0 Å². The van der Waals surface area contributed by atoms with Crippen LogP contribution in [0.25, 0.3) is 0 Å². The van der Waals surface area contributed by atoms with Crippen LogP contribution in [0.2, 0.25) is 0 Å². The second kappa shape index (κ2) is 8.27. The largest absolute Gasteiger partial charge is 0.393 e. The third-order valence-corrected chi connectivity index (χ3v) is 10.6. The van der Waals surface area contributed by atoms with Crippen molar-refractivity contribution in [2.75, 3.05) is 0 Å². The minimum atomic E-state index is -0.318. The standard InChI is InChI=1S/C28H45NO/c1-18(2)7-6-8-19(3)24-11-12-25-23-10-9-20-15-22(30)16-21(17-29)28(20,5)26(23)13-14-27(24,25)4/h9,18-19,21-26,30H,6-8,10-16H2,1-5H3/t19-,21?,22-,23+,24-,25+,26+,27-,28-/m1/s1. The van der Waals surface area contributed by atoms with Crippen LogP contribution in [0.4, 0.5) is 0 Å². The van der Waals surface area contributed by atoms with Gasteiger partial charge in [-0.05, 0) is 85.9 Å². The molecule has 0 amide bonds. The zero-order valence-corrected chi connectivity index (χ0v) is 20.2. The molecule has 0 aromatic rings. The van der Waals surface area contributed by atoms with E-state index in [2.05, 4.69) is 46.8 Å². The van der Waals surface area contributed by atoms with E-state index in [1.165, 1.54) is 56.9 Å². The van der Waals surface area contributed by atoms with Crippen LogP contribution in [0, 0.1) is 63.6 Å². The summed E-state index contributed by atoms with van der Waals surface area (Å²) in [6.07, 6.45) is 14.4. The fourth-order valence-electron chi connectivity index (χ4n) is 8.95. The van der Waals surface area contributed by atoms with Crippen LogP contribution in [-0.2, 0) is 0 Å². The maximum absolute atomic E-state index is 10.4. The molecule has 0 aromatic heterocycles. The van der Waals surface area contributed by atoms with E-state index >= 15 is 0 Å². The average molecular weight is 412 g/mol. The first-order valence-corrected chi connectivity index (χ1v) is 13.0. The van der Waals surface area contributed by atoms with Crippen molar-refractivity contribution in [2.24, 2.45) is 52.3 Å². The number of hydrogen-bond donors (Lipinski definition) is 1. The van der Waals surface area contributed by atoms with Crippen molar-refractivity contribution in [3.8, 4) is 6.07 Å². The number of hydrogen-bond acceptors (Lipinski definition) is 2. The van der Waals surface area contributed by atoms with Gasteiger partial charge in [-0.15, -0.1) is 0 Å². The SMILES string of the molecule is CC(C)CCC[C@@H](C)[C@H]1CC[C@H]2[C@@H]3CC=C4C[C@@H](O)CC(C#N)[C@]4(C)[C@H]3CC[C@]12C. The van der Waals surface area contributed by atoms with Crippen LogP contribution in [0.5, 0.6) is 0 Å². The lowest BCUT2D eigenvalue weighted by molar-refractivity contribution is -0.0694. The lowest BCUT2D eigenvalue weighted by Gasteiger charge is -2.59. The van der Waals surface area contributed by atoms with E-state index in [1.807, 2.05) is 0 Å². The van der Waals surface area contributed by atoms with Gasteiger partial charge in [0.05, 0.1) is 18.1 Å². The van der Waals surface area contributed by atoms with Gasteiger partial charge in [0, 0.05) is 5.41 Å². The number of nitrogens with zero attached hydrogens (tertiary/aromatic N) is 1. The quantitative estimate of drug-likeness (QED) is 0.489. The number of aliphatic hydroxyl groups excluding tert-OH is 1. The summed E-state index contributed by atoms with van der Waals surface area (Å²) in [5, 5.41) is 20.3. The molecule has 0 aromatic carbocycles. The number of nitriles is 1. The maximum Gasteiger partial charge on any atom is 0.0666 e. The van der Waals surface area contributed by atoms with Gasteiger partial charge < -0.3 is 5.11 Å². The van der Waals surface area contributed by atoms with E-state index in [9.17, 15) is 10.4 Å². The van der Waals surface area contributed by atoms with Gasteiger partial charge in [0.25, 0.3) is 0 Å². The lowest BCUT2D eigenvalue weighted by Crippen LogP contribution is -2.53. The zero-order chi connectivity index (χ0) is 21.7. The van der Waals surface area contributed by atoms with Gasteiger partial charge in [0.15, 0.2) is 0 Å². The zero-order valence-electron chi connectivity index (χ0n) is 20.2. The van der Waals surface area contributed by atoms with Crippen molar-refractivity contribution in [2.45, 2.75) is 105 Å². The Balaban J connectivity index is 1.54. The second-order valence-electron chi connectivity index (χ2n) is 12.4. The molecule has 4 aliphatic rings. The first-order chi connectivity index (χ1) is 14.2. The summed E-state index contributed by atoms with van der Waals surface area (Å²) in [5.74, 6) is 4.75. The molecule has 0 heterocycles. The number of rotatable bonds is 5. The Bertz CT molecular complexity index is 704. The van der Waals surface area contributed by atoms with E-state index in [4.69, 9.17) is 0 Å². The second-order valence-corrected chi connectivity index (χ2v) is 12.4. The van der Waals surface area contributed by atoms with Gasteiger partial charge in [-0.2, -0.15) is 5.26 Å². The van der Waals surface area contributed by atoms with E-state index in [-0.39, 0.29) is 17.4 Å². The van der Waals surface area contributed by atoms with Gasteiger partial charge in [0.1, 0.15) is 0 Å². The molecule has 0 saturated heterocycles. The van der Waals surface area contributed by atoms with Crippen molar-refractivity contribution >= 4 is 0 Å². The molecule has 1 unspecified atom stereocenters. The van der Waals surface area contributed by atoms with Gasteiger partial charge in [-0.3, -0.25) is 0 Å². The Hall–Kier alpha value is -0.810. The molecule has 2 heteroatoms. The van der Waals surface area contributed by atoms with Crippen LogP contribution >= 0.6 is 0 Å². The first kappa shape index (κ1) is 22.4. The molecule has 168 valence electrons. The third-order valence-electron chi connectivity index (χ3n) is 10.6. The Morgan fingerprint density at radius 1 is 1.13 bits per heavy atom. The van der Waals surface area contributed by atoms with Crippen LogP contribution < -0.4 is 0 Å². The van der Waals surface area contributed by atoms with E-state index in [1.54, 1.807) is 0 Å². The Labute approximate surface area is 185 Å². The minimum Gasteiger partial charge on any atom is -0.393 e. The Morgan fingerprint density at radius 3 is 2.60 bits per heavy atom. The predicted molar refractivity (Wildman–Crippen MR) is 124 cm³/mol. The normalized spacial score (nSPS) is 46.4. The van der Waals surface area contributed by atoms with Crippen molar-refractivity contribution in [1.82, 2.24) is 0 Å². The van der Waals surface area contributed by atoms with E-state index in [0.717, 1.165) is 36.0 Å². The highest BCUT2D eigenvalue weighted by molar-refractivity contribution is 5.29. The average Bonchev–Trinajstić information content (AvgIpc) is 3.05. The predicted octanol–water partition coefficient (Wildman–Crippen LogP) is 7.14. The summed E-state index contributed by atoms with van der Waals surface area (Å²) in [7, 11) is 0. The summed E-state index contributed by atoms with van der Waals surface area (Å²) >= 11 is 0. The molecule has 0 bridgehead atoms. The molecule has 9 atom stereocenters. The van der Waals surface area contributed by atoms with Gasteiger partial charge in [-0.25, -0.2) is 0 Å². The van der Waals surface area contributed by atoms with Crippen molar-refractivity contribution in [3.05, 3.63) is 11.6 Å².